The van der Waals surface area contributed by atoms with Gasteiger partial charge in [-0.1, -0.05) is 78.9 Å². The molecule has 2 aliphatic rings. The molecule has 0 saturated carbocycles. The molecule has 196 valence electrons. The Bertz CT molecular complexity index is 1280. The summed E-state index contributed by atoms with van der Waals surface area (Å²) in [5.74, 6) is -0.0680. The van der Waals surface area contributed by atoms with Crippen LogP contribution in [0.25, 0.3) is 6.08 Å². The van der Waals surface area contributed by atoms with Gasteiger partial charge in [-0.15, -0.1) is 0 Å². The minimum atomic E-state index is -1.12. The molecule has 0 aliphatic carbocycles. The maximum absolute atomic E-state index is 12.6. The summed E-state index contributed by atoms with van der Waals surface area (Å²) >= 11 is 0. The SMILES string of the molecule is CC(=O)N[C@@H]1[C@H](Oc2ccccc2C=CC(=O)c2ccccc2)O[C@@H]2CO[C@H](c3ccccc3)O[C@@H]2[C@@H]1O. The molecule has 6 atom stereocenters. The van der Waals surface area contributed by atoms with E-state index in [1.165, 1.54) is 13.0 Å². The number of carbonyl (C=O) groups excluding carboxylic acids is 2. The number of hydrogen-bond acceptors (Lipinski definition) is 7. The van der Waals surface area contributed by atoms with E-state index in [0.29, 0.717) is 16.9 Å². The van der Waals surface area contributed by atoms with Crippen molar-refractivity contribution in [2.24, 2.45) is 0 Å². The highest BCUT2D eigenvalue weighted by Crippen LogP contribution is 2.35. The lowest BCUT2D eigenvalue weighted by Gasteiger charge is -2.47. The third-order valence-corrected chi connectivity index (χ3v) is 6.44. The topological polar surface area (TPSA) is 103 Å². The Kier molecular flexibility index (Phi) is 7.95. The zero-order valence-corrected chi connectivity index (χ0v) is 20.8. The smallest absolute Gasteiger partial charge is 0.223 e. The van der Waals surface area contributed by atoms with Crippen molar-refractivity contribution in [1.29, 1.82) is 0 Å². The average Bonchev–Trinajstić information content (AvgIpc) is 2.95. The van der Waals surface area contributed by atoms with Gasteiger partial charge in [-0.25, -0.2) is 0 Å². The van der Waals surface area contributed by atoms with E-state index >= 15 is 0 Å². The molecule has 0 bridgehead atoms. The summed E-state index contributed by atoms with van der Waals surface area (Å²) in [6.07, 6.45) is -1.06. The van der Waals surface area contributed by atoms with E-state index < -0.39 is 36.9 Å². The van der Waals surface area contributed by atoms with Gasteiger partial charge < -0.3 is 29.4 Å². The van der Waals surface area contributed by atoms with E-state index in [0.717, 1.165) is 5.56 Å². The van der Waals surface area contributed by atoms with Gasteiger partial charge in [0.1, 0.15) is 30.1 Å². The zero-order valence-electron chi connectivity index (χ0n) is 20.8. The normalized spacial score (nSPS) is 26.9. The number of rotatable bonds is 7. The second kappa shape index (κ2) is 11.7. The average molecular weight is 516 g/mol. The first kappa shape index (κ1) is 25.8. The molecule has 38 heavy (non-hydrogen) atoms. The fourth-order valence-electron chi connectivity index (χ4n) is 4.58. The molecule has 3 aromatic rings. The first-order valence-corrected chi connectivity index (χ1v) is 12.5. The number of aliphatic hydroxyl groups is 1. The number of carbonyl (C=O) groups is 2. The third-order valence-electron chi connectivity index (χ3n) is 6.44. The highest BCUT2D eigenvalue weighted by molar-refractivity contribution is 6.06. The third kappa shape index (κ3) is 5.84. The van der Waals surface area contributed by atoms with Gasteiger partial charge in [-0.05, 0) is 18.2 Å². The van der Waals surface area contributed by atoms with Crippen molar-refractivity contribution in [2.75, 3.05) is 6.61 Å². The Morgan fingerprint density at radius 2 is 1.63 bits per heavy atom. The molecule has 2 heterocycles. The van der Waals surface area contributed by atoms with Gasteiger partial charge in [0.2, 0.25) is 12.2 Å². The Morgan fingerprint density at radius 1 is 0.947 bits per heavy atom. The highest BCUT2D eigenvalue weighted by atomic mass is 16.7. The van der Waals surface area contributed by atoms with Crippen LogP contribution in [0.15, 0.2) is 91.0 Å². The second-order valence-electron chi connectivity index (χ2n) is 9.16. The van der Waals surface area contributed by atoms with Crippen LogP contribution in [0.1, 0.15) is 34.7 Å². The van der Waals surface area contributed by atoms with Gasteiger partial charge in [0, 0.05) is 23.6 Å². The standard InChI is InChI=1S/C30H29NO7/c1-19(32)31-26-27(34)28-25(18-35-29(38-28)22-13-6-3-7-14-22)37-30(26)36-24-15-9-8-12-21(24)16-17-23(33)20-10-4-2-5-11-20/h2-17,25-30,34H,18H2,1H3,(H,31,32)/t25-,26+,27-,28+,29+,30-/m1/s1. The van der Waals surface area contributed by atoms with Crippen LogP contribution < -0.4 is 10.1 Å². The van der Waals surface area contributed by atoms with Crippen molar-refractivity contribution in [3.63, 3.8) is 0 Å². The van der Waals surface area contributed by atoms with Crippen molar-refractivity contribution in [1.82, 2.24) is 5.32 Å². The zero-order chi connectivity index (χ0) is 26.5. The first-order chi connectivity index (χ1) is 18.5. The number of amides is 1. The van der Waals surface area contributed by atoms with Gasteiger partial charge >= 0.3 is 0 Å². The number of ether oxygens (including phenoxy) is 4. The Balaban J connectivity index is 1.35. The molecule has 0 aromatic heterocycles. The lowest BCUT2D eigenvalue weighted by atomic mass is 9.95. The maximum Gasteiger partial charge on any atom is 0.223 e. The van der Waals surface area contributed by atoms with Crippen molar-refractivity contribution in [2.45, 2.75) is 43.9 Å². The second-order valence-corrected chi connectivity index (χ2v) is 9.16. The summed E-state index contributed by atoms with van der Waals surface area (Å²) < 4.78 is 24.3. The summed E-state index contributed by atoms with van der Waals surface area (Å²) in [6, 6.07) is 24.6. The molecule has 5 rings (SSSR count). The van der Waals surface area contributed by atoms with Crippen molar-refractivity contribution >= 4 is 17.8 Å². The molecule has 2 N–H and O–H groups in total. The number of benzene rings is 3. The van der Waals surface area contributed by atoms with Crippen LogP contribution >= 0.6 is 0 Å². The van der Waals surface area contributed by atoms with E-state index in [4.69, 9.17) is 18.9 Å². The van der Waals surface area contributed by atoms with Crippen molar-refractivity contribution < 1.29 is 33.6 Å². The summed E-state index contributed by atoms with van der Waals surface area (Å²) in [5.41, 5.74) is 2.03. The molecule has 0 spiro atoms. The number of allylic oxidation sites excluding steroid dienone is 1. The number of hydrogen-bond donors (Lipinski definition) is 2. The van der Waals surface area contributed by atoms with Crippen LogP contribution in [-0.2, 0) is 19.0 Å². The molecule has 2 saturated heterocycles. The molecule has 8 nitrogen and oxygen atoms in total. The number of nitrogens with one attached hydrogen (secondary N) is 1. The molecule has 2 fully saturated rings. The van der Waals surface area contributed by atoms with Crippen LogP contribution in [0.2, 0.25) is 0 Å². The number of para-hydroxylation sites is 1. The number of aliphatic hydroxyl groups excluding tert-OH is 1. The Labute approximate surface area is 220 Å². The van der Waals surface area contributed by atoms with E-state index in [1.807, 2.05) is 42.5 Å². The van der Waals surface area contributed by atoms with Crippen LogP contribution in [0.3, 0.4) is 0 Å². The molecule has 2 aliphatic heterocycles. The largest absolute Gasteiger partial charge is 0.462 e. The van der Waals surface area contributed by atoms with Gasteiger partial charge in [-0.3, -0.25) is 9.59 Å². The van der Waals surface area contributed by atoms with Gasteiger partial charge in [0.15, 0.2) is 12.1 Å². The molecule has 3 aromatic carbocycles. The van der Waals surface area contributed by atoms with Crippen molar-refractivity contribution in [3.8, 4) is 5.75 Å². The quantitative estimate of drug-likeness (QED) is 0.366. The lowest BCUT2D eigenvalue weighted by Crippen LogP contribution is -2.67. The molecule has 1 amide bonds. The van der Waals surface area contributed by atoms with E-state index in [-0.39, 0.29) is 18.3 Å². The Morgan fingerprint density at radius 3 is 2.37 bits per heavy atom. The number of ketones is 1. The first-order valence-electron chi connectivity index (χ1n) is 12.5. The monoisotopic (exact) mass is 515 g/mol. The molecule has 0 unspecified atom stereocenters. The summed E-state index contributed by atoms with van der Waals surface area (Å²) in [5, 5.41) is 14.0. The van der Waals surface area contributed by atoms with Gasteiger partial charge in [0.05, 0.1) is 6.61 Å². The van der Waals surface area contributed by atoms with Crippen LogP contribution in [0.4, 0.5) is 0 Å². The minimum Gasteiger partial charge on any atom is -0.462 e. The summed E-state index contributed by atoms with van der Waals surface area (Å²) in [7, 11) is 0. The van der Waals surface area contributed by atoms with E-state index in [1.54, 1.807) is 48.5 Å². The Hall–Kier alpha value is -3.82. The maximum atomic E-state index is 12.6. The fraction of sp³-hybridized carbons (Fsp3) is 0.267. The lowest BCUT2D eigenvalue weighted by molar-refractivity contribution is -0.333. The molecular formula is C30H29NO7. The van der Waals surface area contributed by atoms with E-state index in [2.05, 4.69) is 5.32 Å². The summed E-state index contributed by atoms with van der Waals surface area (Å²) in [6.45, 7) is 1.53. The minimum absolute atomic E-state index is 0.145. The predicted octanol–water partition coefficient (Wildman–Crippen LogP) is 3.67. The number of fused-ring (bicyclic) bond motifs is 1. The molecule has 0 radical (unpaired) electrons. The van der Waals surface area contributed by atoms with Gasteiger partial charge in [-0.2, -0.15) is 0 Å². The predicted molar refractivity (Wildman–Crippen MR) is 139 cm³/mol. The van der Waals surface area contributed by atoms with Crippen LogP contribution in [0, 0.1) is 0 Å². The van der Waals surface area contributed by atoms with Crippen molar-refractivity contribution in [3.05, 3.63) is 108 Å². The molecule has 8 heteroatoms. The summed E-state index contributed by atoms with van der Waals surface area (Å²) in [4.78, 5) is 24.6. The van der Waals surface area contributed by atoms with Crippen LogP contribution in [0.5, 0.6) is 5.75 Å². The highest BCUT2D eigenvalue weighted by Gasteiger charge is 2.50. The van der Waals surface area contributed by atoms with E-state index in [9.17, 15) is 14.7 Å². The fourth-order valence-corrected chi connectivity index (χ4v) is 4.58. The molecular weight excluding hydrogens is 486 g/mol. The van der Waals surface area contributed by atoms with Gasteiger partial charge in [0.25, 0.3) is 0 Å². The van der Waals surface area contributed by atoms with Crippen LogP contribution in [-0.4, -0.2) is 54.0 Å².